The quantitative estimate of drug-likeness (QED) is 0.901. The van der Waals surface area contributed by atoms with Crippen molar-refractivity contribution in [1.29, 1.82) is 0 Å². The second-order valence-corrected chi connectivity index (χ2v) is 5.68. The molecular weight excluding hydrogens is 290 g/mol. The molecule has 2 atom stereocenters. The zero-order valence-electron chi connectivity index (χ0n) is 9.37. The Kier molecular flexibility index (Phi) is 3.83. The van der Waals surface area contributed by atoms with E-state index in [1.54, 1.807) is 0 Å². The fourth-order valence-electron chi connectivity index (χ4n) is 2.38. The summed E-state index contributed by atoms with van der Waals surface area (Å²) in [4.78, 5) is 0. The van der Waals surface area contributed by atoms with Crippen molar-refractivity contribution in [2.75, 3.05) is 0 Å². The Morgan fingerprint density at radius 2 is 2.24 bits per heavy atom. The summed E-state index contributed by atoms with van der Waals surface area (Å²) in [5.41, 5.74) is 0.974. The molecule has 1 N–H and O–H groups in total. The number of halogens is 3. The maximum atomic E-state index is 13.0. The van der Waals surface area contributed by atoms with Crippen molar-refractivity contribution in [2.45, 2.75) is 37.7 Å². The van der Waals surface area contributed by atoms with Gasteiger partial charge < -0.3 is 5.11 Å². The third kappa shape index (κ3) is 3.49. The van der Waals surface area contributed by atoms with Crippen LogP contribution in [0.3, 0.4) is 0 Å². The molecule has 94 valence electrons. The predicted octanol–water partition coefficient (Wildman–Crippen LogP) is 3.79. The zero-order chi connectivity index (χ0) is 12.5. The molecule has 1 aromatic rings. The fourth-order valence-corrected chi connectivity index (χ4v) is 2.83. The molecule has 0 spiro atoms. The van der Waals surface area contributed by atoms with Gasteiger partial charge >= 0.3 is 0 Å². The summed E-state index contributed by atoms with van der Waals surface area (Å²) >= 11 is 3.35. The van der Waals surface area contributed by atoms with Gasteiger partial charge in [0.25, 0.3) is 0 Å². The van der Waals surface area contributed by atoms with Gasteiger partial charge in [-0.05, 0) is 36.5 Å². The van der Waals surface area contributed by atoms with E-state index in [1.165, 1.54) is 0 Å². The lowest BCUT2D eigenvalue weighted by atomic mass is 9.95. The Morgan fingerprint density at radius 3 is 2.82 bits per heavy atom. The topological polar surface area (TPSA) is 20.2 Å². The van der Waals surface area contributed by atoms with Crippen LogP contribution in [0.5, 0.6) is 0 Å². The van der Waals surface area contributed by atoms with Crippen molar-refractivity contribution >= 4 is 15.9 Å². The molecule has 0 aliphatic heterocycles. The van der Waals surface area contributed by atoms with Crippen LogP contribution < -0.4 is 0 Å². The molecular formula is C13H15BrF2O. The van der Waals surface area contributed by atoms with Crippen LogP contribution >= 0.6 is 15.9 Å². The molecule has 0 aromatic heterocycles. The molecule has 1 nitrogen and oxygen atoms in total. The summed E-state index contributed by atoms with van der Waals surface area (Å²) in [7, 11) is 0. The van der Waals surface area contributed by atoms with Crippen LogP contribution in [-0.2, 0) is 6.42 Å². The molecule has 0 bridgehead atoms. The Labute approximate surface area is 108 Å². The van der Waals surface area contributed by atoms with E-state index in [4.69, 9.17) is 0 Å². The number of hydrogen-bond acceptors (Lipinski definition) is 1. The van der Waals surface area contributed by atoms with E-state index in [-0.39, 0.29) is 18.8 Å². The molecule has 2 unspecified atom stereocenters. The molecule has 1 aromatic carbocycles. The van der Waals surface area contributed by atoms with Gasteiger partial charge in [0.05, 0.1) is 6.10 Å². The van der Waals surface area contributed by atoms with Gasteiger partial charge in [0.15, 0.2) is 0 Å². The maximum absolute atomic E-state index is 13.0. The monoisotopic (exact) mass is 304 g/mol. The van der Waals surface area contributed by atoms with Crippen molar-refractivity contribution in [2.24, 2.45) is 5.92 Å². The highest BCUT2D eigenvalue weighted by Gasteiger charge is 2.41. The smallest absolute Gasteiger partial charge is 0.248 e. The van der Waals surface area contributed by atoms with E-state index < -0.39 is 12.0 Å². The first-order valence-electron chi connectivity index (χ1n) is 5.77. The van der Waals surface area contributed by atoms with E-state index in [1.807, 2.05) is 24.3 Å². The van der Waals surface area contributed by atoms with Gasteiger partial charge in [0.1, 0.15) is 0 Å². The molecule has 0 heterocycles. The fraction of sp³-hybridized carbons (Fsp3) is 0.538. The van der Waals surface area contributed by atoms with Crippen molar-refractivity contribution in [3.05, 3.63) is 34.3 Å². The first kappa shape index (κ1) is 13.0. The Hall–Kier alpha value is -0.480. The minimum absolute atomic E-state index is 0.0901. The van der Waals surface area contributed by atoms with Crippen LogP contribution in [0.4, 0.5) is 8.78 Å². The lowest BCUT2D eigenvalue weighted by Gasteiger charge is -2.18. The predicted molar refractivity (Wildman–Crippen MR) is 66.1 cm³/mol. The standard InChI is InChI=1S/C13H15BrF2O/c14-11-3-1-2-9(6-11)7-12(17)10-4-5-13(15,16)8-10/h1-3,6,10,12,17H,4-5,7-8H2. The number of alkyl halides is 2. The number of aliphatic hydroxyl groups excluding tert-OH is 1. The Bertz CT molecular complexity index is 395. The Morgan fingerprint density at radius 1 is 1.47 bits per heavy atom. The summed E-state index contributed by atoms with van der Waals surface area (Å²) in [5.74, 6) is -2.85. The third-order valence-electron chi connectivity index (χ3n) is 3.32. The molecule has 1 aliphatic rings. The third-order valence-corrected chi connectivity index (χ3v) is 3.81. The summed E-state index contributed by atoms with van der Waals surface area (Å²) in [6, 6.07) is 7.60. The summed E-state index contributed by atoms with van der Waals surface area (Å²) in [6.07, 6.45) is -0.0738. The van der Waals surface area contributed by atoms with Gasteiger partial charge in [-0.3, -0.25) is 0 Å². The second kappa shape index (κ2) is 5.02. The van der Waals surface area contributed by atoms with Crippen molar-refractivity contribution < 1.29 is 13.9 Å². The van der Waals surface area contributed by atoms with Gasteiger partial charge in [-0.15, -0.1) is 0 Å². The largest absolute Gasteiger partial charge is 0.392 e. The van der Waals surface area contributed by atoms with Gasteiger partial charge in [-0.2, -0.15) is 0 Å². The van der Waals surface area contributed by atoms with E-state index >= 15 is 0 Å². The maximum Gasteiger partial charge on any atom is 0.248 e. The van der Waals surface area contributed by atoms with Gasteiger partial charge in [0, 0.05) is 17.3 Å². The van der Waals surface area contributed by atoms with Crippen LogP contribution in [0, 0.1) is 5.92 Å². The molecule has 2 rings (SSSR count). The molecule has 1 aliphatic carbocycles. The van der Waals surface area contributed by atoms with Gasteiger partial charge in [0.2, 0.25) is 5.92 Å². The molecule has 4 heteroatoms. The van der Waals surface area contributed by atoms with Crippen LogP contribution in [0.2, 0.25) is 0 Å². The molecule has 0 saturated heterocycles. The van der Waals surface area contributed by atoms with Crippen LogP contribution in [0.1, 0.15) is 24.8 Å². The lowest BCUT2D eigenvalue weighted by molar-refractivity contribution is -0.00479. The van der Waals surface area contributed by atoms with Gasteiger partial charge in [-0.1, -0.05) is 28.1 Å². The summed E-state index contributed by atoms with van der Waals surface area (Å²) in [5, 5.41) is 9.98. The molecule has 17 heavy (non-hydrogen) atoms. The van der Waals surface area contributed by atoms with Crippen molar-refractivity contribution in [3.63, 3.8) is 0 Å². The van der Waals surface area contributed by atoms with E-state index in [9.17, 15) is 13.9 Å². The number of rotatable bonds is 3. The van der Waals surface area contributed by atoms with E-state index in [0.717, 1.165) is 10.0 Å². The Balaban J connectivity index is 1.96. The molecule has 0 radical (unpaired) electrons. The minimum atomic E-state index is -2.58. The summed E-state index contributed by atoms with van der Waals surface area (Å²) in [6.45, 7) is 0. The van der Waals surface area contributed by atoms with E-state index in [2.05, 4.69) is 15.9 Å². The first-order chi connectivity index (χ1) is 7.96. The zero-order valence-corrected chi connectivity index (χ0v) is 11.0. The van der Waals surface area contributed by atoms with Gasteiger partial charge in [-0.25, -0.2) is 8.78 Å². The molecule has 0 amide bonds. The molecule has 1 saturated carbocycles. The lowest BCUT2D eigenvalue weighted by Crippen LogP contribution is -2.22. The van der Waals surface area contributed by atoms with Crippen molar-refractivity contribution in [1.82, 2.24) is 0 Å². The minimum Gasteiger partial charge on any atom is -0.392 e. The van der Waals surface area contributed by atoms with Crippen LogP contribution in [-0.4, -0.2) is 17.1 Å². The average molecular weight is 305 g/mol. The highest BCUT2D eigenvalue weighted by molar-refractivity contribution is 9.10. The number of aliphatic hydroxyl groups is 1. The second-order valence-electron chi connectivity index (χ2n) is 4.76. The highest BCUT2D eigenvalue weighted by atomic mass is 79.9. The van der Waals surface area contributed by atoms with Crippen LogP contribution in [0.25, 0.3) is 0 Å². The van der Waals surface area contributed by atoms with Crippen molar-refractivity contribution in [3.8, 4) is 0 Å². The van der Waals surface area contributed by atoms with Crippen LogP contribution in [0.15, 0.2) is 28.7 Å². The first-order valence-corrected chi connectivity index (χ1v) is 6.56. The highest BCUT2D eigenvalue weighted by Crippen LogP contribution is 2.40. The number of benzene rings is 1. The normalized spacial score (nSPS) is 24.8. The SMILES string of the molecule is OC(Cc1cccc(Br)c1)C1CCC(F)(F)C1. The van der Waals surface area contributed by atoms with E-state index in [0.29, 0.717) is 12.8 Å². The average Bonchev–Trinajstić information content (AvgIpc) is 2.59. The summed E-state index contributed by atoms with van der Waals surface area (Å²) < 4.78 is 27.0. The number of hydrogen-bond donors (Lipinski definition) is 1. The molecule has 1 fully saturated rings.